The Morgan fingerprint density at radius 2 is 1.50 bits per heavy atom. The number of fused-ring (bicyclic) bond motifs is 5. The lowest BCUT2D eigenvalue weighted by Crippen LogP contribution is -2.68. The zero-order valence-electron chi connectivity index (χ0n) is 24.2. The van der Waals surface area contributed by atoms with Gasteiger partial charge in [0.05, 0.1) is 5.41 Å². The second-order valence-corrected chi connectivity index (χ2v) is 16.1. The molecule has 2 bridgehead atoms. The molecule has 0 radical (unpaired) electrons. The fourth-order valence-electron chi connectivity index (χ4n) is 12.2. The average Bonchev–Trinajstić information content (AvgIpc) is 3.03. The molecule has 0 aromatic heterocycles. The van der Waals surface area contributed by atoms with E-state index in [0.29, 0.717) is 23.7 Å². The van der Waals surface area contributed by atoms with E-state index in [0.717, 1.165) is 32.1 Å². The van der Waals surface area contributed by atoms with E-state index in [1.54, 1.807) is 6.92 Å². The molecule has 0 spiro atoms. The van der Waals surface area contributed by atoms with E-state index in [1.165, 1.54) is 32.1 Å². The van der Waals surface area contributed by atoms with Gasteiger partial charge in [-0.1, -0.05) is 48.5 Å². The topological polar surface area (TPSA) is 52.6 Å². The van der Waals surface area contributed by atoms with E-state index in [9.17, 15) is 9.59 Å². The van der Waals surface area contributed by atoms with Crippen molar-refractivity contribution in [2.75, 3.05) is 0 Å². The largest absolute Gasteiger partial charge is 0.462 e. The molecule has 5 saturated carbocycles. The molecular formula is C32H50O4. The van der Waals surface area contributed by atoms with E-state index in [-0.39, 0.29) is 56.6 Å². The zero-order chi connectivity index (χ0) is 26.1. The molecule has 0 aromatic rings. The van der Waals surface area contributed by atoms with Crippen LogP contribution in [0.1, 0.15) is 120 Å². The van der Waals surface area contributed by atoms with Crippen molar-refractivity contribution in [1.29, 1.82) is 0 Å². The standard InChI is InChI=1S/C32H50O4/c1-19(33)35-23-12-13-29(6)21(28(23,4)5)11-14-31(8)22(29)10-9-20-24-25-27(2,3)15-17-32(24,26(34)36-25)18-16-30(20,31)7/h20-25H,9-18H2,1-8H3/t20-,21+,22+,23+,24-,25+,29-,30+,31+,32+/m0/s1. The van der Waals surface area contributed by atoms with Crippen LogP contribution in [-0.2, 0) is 19.1 Å². The first kappa shape index (κ1) is 25.2. The number of ether oxygens (including phenoxy) is 2. The van der Waals surface area contributed by atoms with Crippen LogP contribution in [-0.4, -0.2) is 24.1 Å². The average molecular weight is 499 g/mol. The molecule has 1 saturated heterocycles. The molecule has 202 valence electrons. The number of hydrogen-bond donors (Lipinski definition) is 0. The predicted molar refractivity (Wildman–Crippen MR) is 140 cm³/mol. The monoisotopic (exact) mass is 498 g/mol. The molecule has 10 atom stereocenters. The maximum Gasteiger partial charge on any atom is 0.312 e. The Morgan fingerprint density at radius 1 is 0.806 bits per heavy atom. The Balaban J connectivity index is 1.36. The fraction of sp³-hybridized carbons (Fsp3) is 0.938. The molecule has 0 aromatic carbocycles. The van der Waals surface area contributed by atoms with Gasteiger partial charge in [0.2, 0.25) is 0 Å². The van der Waals surface area contributed by atoms with Crippen LogP contribution >= 0.6 is 0 Å². The van der Waals surface area contributed by atoms with Gasteiger partial charge in [0.25, 0.3) is 0 Å². The highest BCUT2D eigenvalue weighted by molar-refractivity contribution is 5.81. The van der Waals surface area contributed by atoms with Gasteiger partial charge in [-0.25, -0.2) is 0 Å². The van der Waals surface area contributed by atoms with Crippen molar-refractivity contribution < 1.29 is 19.1 Å². The molecule has 1 heterocycles. The minimum absolute atomic E-state index is 0.00113. The summed E-state index contributed by atoms with van der Waals surface area (Å²) in [6.45, 7) is 18.9. The first-order valence-corrected chi connectivity index (χ1v) is 15.0. The van der Waals surface area contributed by atoms with Crippen LogP contribution in [0, 0.1) is 56.2 Å². The molecule has 6 rings (SSSR count). The highest BCUT2D eigenvalue weighted by Gasteiger charge is 2.75. The number of carbonyl (C=O) groups excluding carboxylic acids is 2. The Bertz CT molecular complexity index is 983. The van der Waals surface area contributed by atoms with E-state index >= 15 is 0 Å². The quantitative estimate of drug-likeness (QED) is 0.355. The van der Waals surface area contributed by atoms with Gasteiger partial charge in [-0.2, -0.15) is 0 Å². The number of rotatable bonds is 1. The molecule has 0 amide bonds. The lowest BCUT2D eigenvalue weighted by Gasteiger charge is -2.73. The summed E-state index contributed by atoms with van der Waals surface area (Å²) in [6.07, 6.45) is 11.6. The third kappa shape index (κ3) is 2.83. The second-order valence-electron chi connectivity index (χ2n) is 16.1. The van der Waals surface area contributed by atoms with Crippen LogP contribution < -0.4 is 0 Å². The van der Waals surface area contributed by atoms with Crippen molar-refractivity contribution in [1.82, 2.24) is 0 Å². The van der Waals surface area contributed by atoms with Gasteiger partial charge in [-0.05, 0) is 98.2 Å². The summed E-state index contributed by atoms with van der Waals surface area (Å²) in [7, 11) is 0. The molecule has 0 N–H and O–H groups in total. The van der Waals surface area contributed by atoms with Crippen LogP contribution in [0.3, 0.4) is 0 Å². The molecule has 1 aliphatic heterocycles. The number of hydrogen-bond acceptors (Lipinski definition) is 4. The lowest BCUT2D eigenvalue weighted by molar-refractivity contribution is -0.254. The van der Waals surface area contributed by atoms with Crippen molar-refractivity contribution in [3.8, 4) is 0 Å². The van der Waals surface area contributed by atoms with Gasteiger partial charge < -0.3 is 9.47 Å². The lowest BCUT2D eigenvalue weighted by atomic mass is 9.31. The summed E-state index contributed by atoms with van der Waals surface area (Å²) in [5.74, 6) is 2.23. The molecule has 6 aliphatic rings. The maximum atomic E-state index is 13.4. The molecule has 5 aliphatic carbocycles. The fourth-order valence-corrected chi connectivity index (χ4v) is 12.2. The van der Waals surface area contributed by atoms with Gasteiger partial charge in [-0.3, -0.25) is 9.59 Å². The van der Waals surface area contributed by atoms with Crippen LogP contribution in [0.5, 0.6) is 0 Å². The van der Waals surface area contributed by atoms with Crippen molar-refractivity contribution in [2.24, 2.45) is 56.2 Å². The summed E-state index contributed by atoms with van der Waals surface area (Å²) in [5.41, 5.74) is 0.665. The van der Waals surface area contributed by atoms with Gasteiger partial charge in [0, 0.05) is 23.7 Å². The molecule has 4 heteroatoms. The summed E-state index contributed by atoms with van der Waals surface area (Å²) in [6, 6.07) is 0. The van der Waals surface area contributed by atoms with Crippen molar-refractivity contribution in [3.05, 3.63) is 0 Å². The van der Waals surface area contributed by atoms with Crippen molar-refractivity contribution >= 4 is 11.9 Å². The highest BCUT2D eigenvalue weighted by Crippen LogP contribution is 2.78. The van der Waals surface area contributed by atoms with Gasteiger partial charge in [-0.15, -0.1) is 0 Å². The van der Waals surface area contributed by atoms with Gasteiger partial charge in [0.15, 0.2) is 0 Å². The van der Waals surface area contributed by atoms with Gasteiger partial charge in [0.1, 0.15) is 12.2 Å². The Labute approximate surface area is 219 Å². The van der Waals surface area contributed by atoms with Crippen LogP contribution in [0.15, 0.2) is 0 Å². The summed E-state index contributed by atoms with van der Waals surface area (Å²) in [5, 5.41) is 0. The minimum atomic E-state index is -0.210. The molecule has 4 nitrogen and oxygen atoms in total. The molecule has 36 heavy (non-hydrogen) atoms. The van der Waals surface area contributed by atoms with E-state index in [1.807, 2.05) is 0 Å². The number of carbonyl (C=O) groups is 2. The smallest absolute Gasteiger partial charge is 0.312 e. The Morgan fingerprint density at radius 3 is 2.19 bits per heavy atom. The normalized spacial score (nSPS) is 54.3. The zero-order valence-corrected chi connectivity index (χ0v) is 24.2. The summed E-state index contributed by atoms with van der Waals surface area (Å²) >= 11 is 0. The number of esters is 2. The maximum absolute atomic E-state index is 13.4. The van der Waals surface area contributed by atoms with E-state index in [4.69, 9.17) is 9.47 Å². The van der Waals surface area contributed by atoms with Gasteiger partial charge >= 0.3 is 11.9 Å². The third-order valence-corrected chi connectivity index (χ3v) is 14.3. The van der Waals surface area contributed by atoms with Crippen LogP contribution in [0.2, 0.25) is 0 Å². The third-order valence-electron chi connectivity index (χ3n) is 14.3. The highest BCUT2D eigenvalue weighted by atomic mass is 16.6. The van der Waals surface area contributed by atoms with Crippen LogP contribution in [0.25, 0.3) is 0 Å². The summed E-state index contributed by atoms with van der Waals surface area (Å²) in [4.78, 5) is 25.3. The van der Waals surface area contributed by atoms with E-state index in [2.05, 4.69) is 48.5 Å². The minimum Gasteiger partial charge on any atom is -0.462 e. The first-order valence-electron chi connectivity index (χ1n) is 15.0. The van der Waals surface area contributed by atoms with E-state index < -0.39 is 0 Å². The SMILES string of the molecule is CC(=O)O[C@@H]1CC[C@@]2(C)[C@H](CC[C@]3(C)[C@@H]2CC[C@H]2[C@H]4[C@H]5OC(=O)[C@]4(CCC5(C)C)CC[C@]23C)C1(C)C. The molecular weight excluding hydrogens is 448 g/mol. The van der Waals surface area contributed by atoms with Crippen LogP contribution in [0.4, 0.5) is 0 Å². The second kappa shape index (κ2) is 7.32. The van der Waals surface area contributed by atoms with Crippen molar-refractivity contribution in [3.63, 3.8) is 0 Å². The summed E-state index contributed by atoms with van der Waals surface area (Å²) < 4.78 is 12.2. The molecule has 6 fully saturated rings. The Kier molecular flexibility index (Phi) is 5.13. The Hall–Kier alpha value is -1.06. The first-order chi connectivity index (χ1) is 16.6. The molecule has 0 unspecified atom stereocenters. The van der Waals surface area contributed by atoms with Crippen molar-refractivity contribution in [2.45, 2.75) is 132 Å². The predicted octanol–water partition coefficient (Wildman–Crippen LogP) is 7.34.